The number of aromatic nitrogens is 1. The number of rotatable bonds is 9. The molecular weight excluding hydrogens is 494 g/mol. The van der Waals surface area contributed by atoms with Crippen molar-refractivity contribution >= 4 is 17.6 Å². The summed E-state index contributed by atoms with van der Waals surface area (Å²) in [6, 6.07) is 3.45. The summed E-state index contributed by atoms with van der Waals surface area (Å²) < 4.78 is 85.8. The first-order valence-corrected chi connectivity index (χ1v) is 11.0. The zero-order valence-electron chi connectivity index (χ0n) is 19.6. The molecule has 0 saturated heterocycles. The van der Waals surface area contributed by atoms with Gasteiger partial charge in [0.2, 0.25) is 5.91 Å². The number of carbonyl (C=O) groups is 2. The Morgan fingerprint density at radius 3 is 2.17 bits per heavy atom. The molecule has 1 saturated carbocycles. The molecule has 0 bridgehead atoms. The molecule has 0 spiro atoms. The monoisotopic (exact) mass is 520 g/mol. The minimum atomic E-state index is -5.06. The lowest BCUT2D eigenvalue weighted by Crippen LogP contribution is -2.46. The zero-order valence-corrected chi connectivity index (χ0v) is 19.6. The Kier molecular flexibility index (Phi) is 8.22. The summed E-state index contributed by atoms with van der Waals surface area (Å²) in [5, 5.41) is 2.08. The van der Waals surface area contributed by atoms with E-state index in [0.717, 1.165) is 23.4 Å². The van der Waals surface area contributed by atoms with Crippen molar-refractivity contribution in [3.8, 4) is 0 Å². The van der Waals surface area contributed by atoms with Gasteiger partial charge >= 0.3 is 18.4 Å². The van der Waals surface area contributed by atoms with Crippen LogP contribution in [0.15, 0.2) is 36.5 Å². The normalized spacial score (nSPS) is 14.0. The van der Waals surface area contributed by atoms with Gasteiger partial charge in [0.1, 0.15) is 6.54 Å². The zero-order chi connectivity index (χ0) is 26.7. The van der Waals surface area contributed by atoms with Gasteiger partial charge in [-0.25, -0.2) is 4.79 Å². The minimum absolute atomic E-state index is 0.00166. The van der Waals surface area contributed by atoms with Gasteiger partial charge in [0.05, 0.1) is 24.3 Å². The first-order chi connectivity index (χ1) is 16.8. The molecule has 7 nitrogen and oxygen atoms in total. The van der Waals surface area contributed by atoms with Crippen LogP contribution in [0.3, 0.4) is 0 Å². The van der Waals surface area contributed by atoms with Crippen LogP contribution in [0.2, 0.25) is 0 Å². The van der Waals surface area contributed by atoms with E-state index in [2.05, 4.69) is 5.32 Å². The largest absolute Gasteiger partial charge is 0.416 e. The van der Waals surface area contributed by atoms with Crippen molar-refractivity contribution in [3.63, 3.8) is 0 Å². The van der Waals surface area contributed by atoms with E-state index in [-0.39, 0.29) is 25.3 Å². The highest BCUT2D eigenvalue weighted by molar-refractivity contribution is 5.92. The van der Waals surface area contributed by atoms with Crippen LogP contribution in [-0.2, 0) is 35.5 Å². The Bertz CT molecular complexity index is 1050. The molecule has 0 atom stereocenters. The molecule has 13 heteroatoms. The Balaban J connectivity index is 1.80. The molecule has 36 heavy (non-hydrogen) atoms. The lowest BCUT2D eigenvalue weighted by atomic mass is 10.1. The highest BCUT2D eigenvalue weighted by atomic mass is 19.4. The Labute approximate surface area is 203 Å². The van der Waals surface area contributed by atoms with Crippen LogP contribution in [0, 0.1) is 0 Å². The number of carbonyl (C=O) groups excluding carboxylic acids is 2. The SMILES string of the molecule is COCCN(CC(=O)N(Cc1cccn1C)C1CC1)C(=O)Nc1cc(C(F)(F)F)cc(C(F)(F)F)c1. The second kappa shape index (κ2) is 10.8. The van der Waals surface area contributed by atoms with Crippen molar-refractivity contribution < 1.29 is 40.7 Å². The summed E-state index contributed by atoms with van der Waals surface area (Å²) in [5.74, 6) is -0.398. The van der Waals surface area contributed by atoms with Crippen molar-refractivity contribution in [2.45, 2.75) is 37.8 Å². The molecule has 3 amide bonds. The van der Waals surface area contributed by atoms with Crippen LogP contribution >= 0.6 is 0 Å². The van der Waals surface area contributed by atoms with Crippen LogP contribution < -0.4 is 5.32 Å². The number of nitrogens with one attached hydrogen (secondary N) is 1. The minimum Gasteiger partial charge on any atom is -0.383 e. The first kappa shape index (κ1) is 27.4. The lowest BCUT2D eigenvalue weighted by molar-refractivity contribution is -0.143. The van der Waals surface area contributed by atoms with Gasteiger partial charge in [-0.3, -0.25) is 4.79 Å². The van der Waals surface area contributed by atoms with Crippen LogP contribution in [0.1, 0.15) is 29.7 Å². The van der Waals surface area contributed by atoms with E-state index < -0.39 is 47.6 Å². The van der Waals surface area contributed by atoms with E-state index in [1.165, 1.54) is 7.11 Å². The molecule has 0 radical (unpaired) electrons. The predicted octanol–water partition coefficient (Wildman–Crippen LogP) is 4.73. The summed E-state index contributed by atoms with van der Waals surface area (Å²) in [6.45, 7) is -0.239. The van der Waals surface area contributed by atoms with Gasteiger partial charge in [-0.15, -0.1) is 0 Å². The lowest BCUT2D eigenvalue weighted by Gasteiger charge is -2.28. The summed E-state index contributed by atoms with van der Waals surface area (Å²) in [7, 11) is 3.18. The molecule has 1 aliphatic carbocycles. The third kappa shape index (κ3) is 7.15. The van der Waals surface area contributed by atoms with E-state index >= 15 is 0 Å². The Hall–Kier alpha value is -3.22. The molecule has 0 aliphatic heterocycles. The maximum absolute atomic E-state index is 13.2. The third-order valence-electron chi connectivity index (χ3n) is 5.71. The fourth-order valence-corrected chi connectivity index (χ4v) is 3.58. The van der Waals surface area contributed by atoms with Crippen LogP contribution in [-0.4, -0.2) is 59.2 Å². The van der Waals surface area contributed by atoms with Gasteiger partial charge in [-0.1, -0.05) is 0 Å². The van der Waals surface area contributed by atoms with E-state index in [1.807, 2.05) is 29.9 Å². The summed E-state index contributed by atoms with van der Waals surface area (Å²) >= 11 is 0. The molecule has 0 unspecified atom stereocenters. The maximum Gasteiger partial charge on any atom is 0.416 e. The van der Waals surface area contributed by atoms with Crippen LogP contribution in [0.4, 0.5) is 36.8 Å². The van der Waals surface area contributed by atoms with Crippen molar-refractivity contribution in [3.05, 3.63) is 53.3 Å². The van der Waals surface area contributed by atoms with E-state index in [0.29, 0.717) is 18.7 Å². The average Bonchev–Trinajstić information content (AvgIpc) is 3.54. The Morgan fingerprint density at radius 1 is 1.08 bits per heavy atom. The standard InChI is InChI=1S/C23H26F6N4O3/c1-31-7-3-4-19(31)13-33(18-5-6-18)20(34)14-32(8-9-36-2)21(35)30-17-11-15(22(24,25)26)10-16(12-17)23(27,28)29/h3-4,7,10-12,18H,5-6,8-9,13-14H2,1-2H3,(H,30,35). The van der Waals surface area contributed by atoms with E-state index in [4.69, 9.17) is 4.74 Å². The number of nitrogens with zero attached hydrogens (tertiary/aromatic N) is 3. The van der Waals surface area contributed by atoms with E-state index in [9.17, 15) is 35.9 Å². The molecule has 1 aromatic carbocycles. The number of aryl methyl sites for hydroxylation is 1. The van der Waals surface area contributed by atoms with Crippen molar-refractivity contribution in [2.75, 3.05) is 32.1 Å². The van der Waals surface area contributed by atoms with Crippen molar-refractivity contribution in [1.29, 1.82) is 0 Å². The number of halogens is 6. The third-order valence-corrected chi connectivity index (χ3v) is 5.71. The number of alkyl halides is 6. The van der Waals surface area contributed by atoms with Crippen LogP contribution in [0.25, 0.3) is 0 Å². The van der Waals surface area contributed by atoms with Crippen LogP contribution in [0.5, 0.6) is 0 Å². The maximum atomic E-state index is 13.2. The molecule has 3 rings (SSSR count). The molecule has 1 aliphatic rings. The highest BCUT2D eigenvalue weighted by Gasteiger charge is 2.38. The molecule has 1 fully saturated rings. The van der Waals surface area contributed by atoms with Crippen molar-refractivity contribution in [2.24, 2.45) is 7.05 Å². The van der Waals surface area contributed by atoms with E-state index in [1.54, 1.807) is 4.90 Å². The fourth-order valence-electron chi connectivity index (χ4n) is 3.58. The summed E-state index contributed by atoms with van der Waals surface area (Å²) in [5.41, 5.74) is -2.95. The van der Waals surface area contributed by atoms with Gasteiger partial charge in [-0.05, 0) is 43.2 Å². The fraction of sp³-hybridized carbons (Fsp3) is 0.478. The van der Waals surface area contributed by atoms with Gasteiger partial charge in [0.25, 0.3) is 0 Å². The van der Waals surface area contributed by atoms with Gasteiger partial charge in [0, 0.05) is 44.3 Å². The summed E-state index contributed by atoms with van der Waals surface area (Å²) in [6.07, 6.45) is -6.70. The highest BCUT2D eigenvalue weighted by Crippen LogP contribution is 2.37. The average molecular weight is 520 g/mol. The number of ether oxygens (including phenoxy) is 1. The number of amides is 3. The second-order valence-electron chi connectivity index (χ2n) is 8.50. The molecule has 1 heterocycles. The van der Waals surface area contributed by atoms with Gasteiger partial charge in [-0.2, -0.15) is 26.3 Å². The van der Waals surface area contributed by atoms with Crippen molar-refractivity contribution in [1.82, 2.24) is 14.4 Å². The number of anilines is 1. The smallest absolute Gasteiger partial charge is 0.383 e. The number of urea groups is 1. The number of benzene rings is 1. The summed E-state index contributed by atoms with van der Waals surface area (Å²) in [4.78, 5) is 28.6. The predicted molar refractivity (Wildman–Crippen MR) is 118 cm³/mol. The van der Waals surface area contributed by atoms with Gasteiger partial charge < -0.3 is 24.4 Å². The molecule has 198 valence electrons. The molecular formula is C23H26F6N4O3. The number of hydrogen-bond acceptors (Lipinski definition) is 3. The first-order valence-electron chi connectivity index (χ1n) is 11.0. The number of methoxy groups -OCH3 is 1. The van der Waals surface area contributed by atoms with Gasteiger partial charge in [0.15, 0.2) is 0 Å². The second-order valence-corrected chi connectivity index (χ2v) is 8.50. The number of hydrogen-bond donors (Lipinski definition) is 1. The quantitative estimate of drug-likeness (QED) is 0.486. The molecule has 1 N–H and O–H groups in total. The Morgan fingerprint density at radius 2 is 1.69 bits per heavy atom. The topological polar surface area (TPSA) is 66.8 Å². The molecule has 1 aromatic heterocycles. The molecule has 2 aromatic rings.